The Labute approximate surface area is 89.5 Å². The van der Waals surface area contributed by atoms with E-state index in [1.165, 1.54) is 6.42 Å². The Bertz CT molecular complexity index is 261. The van der Waals surface area contributed by atoms with Crippen molar-refractivity contribution >= 4 is 11.8 Å². The lowest BCUT2D eigenvalue weighted by molar-refractivity contribution is 0.898. The maximum absolute atomic E-state index is 5.46. The van der Waals surface area contributed by atoms with E-state index in [0.29, 0.717) is 11.8 Å². The molecule has 0 aliphatic heterocycles. The molecule has 0 radical (unpaired) electrons. The van der Waals surface area contributed by atoms with E-state index in [0.717, 1.165) is 17.1 Å². The molecule has 78 valence electrons. The molecular weight excluding hydrogens is 194 g/mol. The van der Waals surface area contributed by atoms with E-state index < -0.39 is 0 Å². The number of nitrogens with zero attached hydrogens (tertiary/aromatic N) is 2. The van der Waals surface area contributed by atoms with Crippen molar-refractivity contribution in [3.8, 4) is 0 Å². The van der Waals surface area contributed by atoms with Gasteiger partial charge in [0.25, 0.3) is 0 Å². The lowest BCUT2D eigenvalue weighted by Gasteiger charge is -2.06. The van der Waals surface area contributed by atoms with Gasteiger partial charge in [-0.05, 0) is 6.42 Å². The molecule has 0 aromatic carbocycles. The van der Waals surface area contributed by atoms with Gasteiger partial charge in [-0.2, -0.15) is 11.8 Å². The van der Waals surface area contributed by atoms with Crippen LogP contribution in [0.5, 0.6) is 0 Å². The van der Waals surface area contributed by atoms with Gasteiger partial charge < -0.3 is 5.73 Å². The summed E-state index contributed by atoms with van der Waals surface area (Å²) in [5, 5.41) is 0.674. The fourth-order valence-electron chi connectivity index (χ4n) is 0.896. The van der Waals surface area contributed by atoms with Gasteiger partial charge in [0, 0.05) is 29.8 Å². The molecule has 1 atom stereocenters. The van der Waals surface area contributed by atoms with Crippen molar-refractivity contribution in [1.29, 1.82) is 0 Å². The number of aromatic nitrogens is 2. The van der Waals surface area contributed by atoms with Crippen molar-refractivity contribution in [2.45, 2.75) is 37.8 Å². The highest BCUT2D eigenvalue weighted by atomic mass is 32.2. The van der Waals surface area contributed by atoms with Gasteiger partial charge in [0.05, 0.1) is 5.75 Å². The van der Waals surface area contributed by atoms with Crippen molar-refractivity contribution in [2.24, 2.45) is 5.73 Å². The minimum Gasteiger partial charge on any atom is -0.326 e. The Morgan fingerprint density at radius 3 is 2.57 bits per heavy atom. The molecule has 0 saturated heterocycles. The van der Waals surface area contributed by atoms with Crippen molar-refractivity contribution in [3.63, 3.8) is 0 Å². The molecule has 1 unspecified atom stereocenters. The molecule has 0 spiro atoms. The van der Waals surface area contributed by atoms with Crippen LogP contribution in [0.15, 0.2) is 12.4 Å². The number of hydrogen-bond donors (Lipinski definition) is 1. The van der Waals surface area contributed by atoms with Crippen LogP contribution in [0.4, 0.5) is 0 Å². The normalized spacial score (nSPS) is 12.8. The SMILES string of the molecule is CCC(C)SCc1ncc(CN)cn1. The fraction of sp³-hybridized carbons (Fsp3) is 0.600. The average molecular weight is 211 g/mol. The summed E-state index contributed by atoms with van der Waals surface area (Å²) in [6, 6.07) is 0. The predicted octanol–water partition coefficient (Wildman–Crippen LogP) is 1.97. The molecule has 0 amide bonds. The molecule has 1 rings (SSSR count). The molecule has 1 aromatic heterocycles. The topological polar surface area (TPSA) is 51.8 Å². The molecular formula is C10H17N3S. The van der Waals surface area contributed by atoms with Crippen molar-refractivity contribution < 1.29 is 0 Å². The summed E-state index contributed by atoms with van der Waals surface area (Å²) >= 11 is 1.89. The molecule has 1 aromatic rings. The second-order valence-electron chi connectivity index (χ2n) is 3.24. The van der Waals surface area contributed by atoms with Gasteiger partial charge in [-0.25, -0.2) is 9.97 Å². The van der Waals surface area contributed by atoms with Crippen LogP contribution < -0.4 is 5.73 Å². The van der Waals surface area contributed by atoms with E-state index in [1.54, 1.807) is 12.4 Å². The summed E-state index contributed by atoms with van der Waals surface area (Å²) < 4.78 is 0. The standard InChI is InChI=1S/C10H17N3S/c1-3-8(2)14-7-10-12-5-9(4-11)6-13-10/h5-6,8H,3-4,7,11H2,1-2H3. The molecule has 4 heteroatoms. The third-order valence-electron chi connectivity index (χ3n) is 2.07. The fourth-order valence-corrected chi connectivity index (χ4v) is 1.71. The van der Waals surface area contributed by atoms with Crippen LogP contribution >= 0.6 is 11.8 Å². The highest BCUT2D eigenvalue weighted by Crippen LogP contribution is 2.17. The van der Waals surface area contributed by atoms with Crippen LogP contribution in [0.2, 0.25) is 0 Å². The van der Waals surface area contributed by atoms with Gasteiger partial charge in [-0.1, -0.05) is 13.8 Å². The Balaban J connectivity index is 2.43. The minimum atomic E-state index is 0.513. The van der Waals surface area contributed by atoms with Gasteiger partial charge in [0.15, 0.2) is 0 Å². The molecule has 0 fully saturated rings. The molecule has 3 nitrogen and oxygen atoms in total. The van der Waals surface area contributed by atoms with Gasteiger partial charge in [0.1, 0.15) is 5.82 Å². The zero-order chi connectivity index (χ0) is 10.4. The first-order valence-electron chi connectivity index (χ1n) is 4.87. The first-order valence-corrected chi connectivity index (χ1v) is 5.92. The van der Waals surface area contributed by atoms with Crippen LogP contribution in [-0.4, -0.2) is 15.2 Å². The third kappa shape index (κ3) is 3.64. The second-order valence-corrected chi connectivity index (χ2v) is 4.67. The molecule has 0 aliphatic carbocycles. The Kier molecular flexibility index (Phi) is 4.90. The molecule has 1 heterocycles. The maximum atomic E-state index is 5.46. The van der Waals surface area contributed by atoms with E-state index in [9.17, 15) is 0 Å². The van der Waals surface area contributed by atoms with Crippen LogP contribution in [0.1, 0.15) is 31.7 Å². The molecule has 0 saturated carbocycles. The average Bonchev–Trinajstić information content (AvgIpc) is 2.26. The van der Waals surface area contributed by atoms with Gasteiger partial charge in [0.2, 0.25) is 0 Å². The highest BCUT2D eigenvalue weighted by Gasteiger charge is 2.02. The van der Waals surface area contributed by atoms with Gasteiger partial charge in [-0.3, -0.25) is 0 Å². The molecule has 2 N–H and O–H groups in total. The monoisotopic (exact) mass is 211 g/mol. The van der Waals surface area contributed by atoms with Crippen LogP contribution in [-0.2, 0) is 12.3 Å². The maximum Gasteiger partial charge on any atom is 0.138 e. The van der Waals surface area contributed by atoms with Gasteiger partial charge in [-0.15, -0.1) is 0 Å². The number of thioether (sulfide) groups is 1. The summed E-state index contributed by atoms with van der Waals surface area (Å²) in [6.07, 6.45) is 4.80. The summed E-state index contributed by atoms with van der Waals surface area (Å²) in [5.74, 6) is 1.78. The van der Waals surface area contributed by atoms with E-state index in [4.69, 9.17) is 5.73 Å². The Morgan fingerprint density at radius 2 is 2.07 bits per heavy atom. The van der Waals surface area contributed by atoms with Crippen LogP contribution in [0.3, 0.4) is 0 Å². The van der Waals surface area contributed by atoms with E-state index in [1.807, 2.05) is 11.8 Å². The lowest BCUT2D eigenvalue weighted by Crippen LogP contribution is -2.01. The number of nitrogens with two attached hydrogens (primary N) is 1. The smallest absolute Gasteiger partial charge is 0.138 e. The van der Waals surface area contributed by atoms with Crippen molar-refractivity contribution in [2.75, 3.05) is 0 Å². The van der Waals surface area contributed by atoms with Crippen molar-refractivity contribution in [1.82, 2.24) is 9.97 Å². The van der Waals surface area contributed by atoms with Crippen molar-refractivity contribution in [3.05, 3.63) is 23.8 Å². The zero-order valence-electron chi connectivity index (χ0n) is 8.73. The number of hydrogen-bond acceptors (Lipinski definition) is 4. The number of rotatable bonds is 5. The van der Waals surface area contributed by atoms with E-state index in [2.05, 4.69) is 23.8 Å². The van der Waals surface area contributed by atoms with E-state index in [-0.39, 0.29) is 0 Å². The minimum absolute atomic E-state index is 0.513. The largest absolute Gasteiger partial charge is 0.326 e. The molecule has 14 heavy (non-hydrogen) atoms. The summed E-state index contributed by atoms with van der Waals surface area (Å²) in [5.41, 5.74) is 6.45. The first kappa shape index (κ1) is 11.5. The molecule has 0 aliphatic rings. The Hall–Kier alpha value is -0.610. The van der Waals surface area contributed by atoms with Gasteiger partial charge >= 0.3 is 0 Å². The summed E-state index contributed by atoms with van der Waals surface area (Å²) in [7, 11) is 0. The Morgan fingerprint density at radius 1 is 1.43 bits per heavy atom. The van der Waals surface area contributed by atoms with E-state index >= 15 is 0 Å². The quantitative estimate of drug-likeness (QED) is 0.809. The summed E-state index contributed by atoms with van der Waals surface area (Å²) in [4.78, 5) is 8.49. The van der Waals surface area contributed by atoms with Crippen LogP contribution in [0.25, 0.3) is 0 Å². The predicted molar refractivity (Wildman–Crippen MR) is 61.0 cm³/mol. The molecule has 0 bridgehead atoms. The lowest BCUT2D eigenvalue weighted by atomic mass is 10.3. The highest BCUT2D eigenvalue weighted by molar-refractivity contribution is 7.99. The summed E-state index contributed by atoms with van der Waals surface area (Å²) in [6.45, 7) is 4.92. The zero-order valence-corrected chi connectivity index (χ0v) is 9.55. The first-order chi connectivity index (χ1) is 6.76. The second kappa shape index (κ2) is 5.98. The van der Waals surface area contributed by atoms with Crippen LogP contribution in [0, 0.1) is 0 Å². The third-order valence-corrected chi connectivity index (χ3v) is 3.39.